The Morgan fingerprint density at radius 3 is 2.40 bits per heavy atom. The number of thiophene rings is 1. The van der Waals surface area contributed by atoms with Gasteiger partial charge in [0.2, 0.25) is 17.7 Å². The van der Waals surface area contributed by atoms with Crippen molar-refractivity contribution in [3.63, 3.8) is 0 Å². The fourth-order valence-corrected chi connectivity index (χ4v) is 7.46. The number of nitrogens with one attached hydrogen (secondary N) is 2. The highest BCUT2D eigenvalue weighted by atomic mass is 35.5. The van der Waals surface area contributed by atoms with Crippen LogP contribution in [0.4, 0.5) is 4.79 Å². The summed E-state index contributed by atoms with van der Waals surface area (Å²) in [4.78, 5) is 59.9. The fourth-order valence-electron chi connectivity index (χ4n) is 6.64. The number of carbonyl (C=O) groups excluding carboxylic acids is 4. The van der Waals surface area contributed by atoms with Crippen LogP contribution in [0.1, 0.15) is 63.2 Å². The van der Waals surface area contributed by atoms with Crippen LogP contribution in [-0.2, 0) is 20.9 Å². The molecule has 0 unspecified atom stereocenters. The largest absolute Gasteiger partial charge is 0.415 e. The number of hydrogen-bond donors (Lipinski definition) is 2. The van der Waals surface area contributed by atoms with Gasteiger partial charge < -0.3 is 30.1 Å². The molecule has 2 saturated heterocycles. The van der Waals surface area contributed by atoms with Crippen molar-refractivity contribution in [2.24, 2.45) is 5.92 Å². The maximum atomic E-state index is 14.6. The van der Waals surface area contributed by atoms with Gasteiger partial charge in [-0.2, -0.15) is 0 Å². The second-order valence-electron chi connectivity index (χ2n) is 12.1. The predicted octanol–water partition coefficient (Wildman–Crippen LogP) is 4.67. The minimum absolute atomic E-state index is 0.00486. The molecule has 1 saturated carbocycles. The molecule has 244 valence electrons. The molecule has 3 heterocycles. The van der Waals surface area contributed by atoms with E-state index in [0.29, 0.717) is 31.1 Å². The zero-order chi connectivity index (χ0) is 31.8. The van der Waals surface area contributed by atoms with E-state index in [1.807, 2.05) is 29.3 Å². The number of ether oxygens (including phenoxy) is 1. The third-order valence-corrected chi connectivity index (χ3v) is 10.4. The van der Waals surface area contributed by atoms with Crippen molar-refractivity contribution in [3.8, 4) is 5.75 Å². The molecule has 2 atom stereocenters. The van der Waals surface area contributed by atoms with E-state index in [-0.39, 0.29) is 55.1 Å². The molecule has 2 aliphatic heterocycles. The summed E-state index contributed by atoms with van der Waals surface area (Å²) in [6.07, 6.45) is 6.79. The molecule has 1 aromatic carbocycles. The van der Waals surface area contributed by atoms with Crippen molar-refractivity contribution in [1.29, 1.82) is 0 Å². The summed E-state index contributed by atoms with van der Waals surface area (Å²) in [5, 5.41) is 8.98. The average molecular weight is 658 g/mol. The lowest BCUT2D eigenvalue weighted by atomic mass is 9.86. The number of piperazine rings is 1. The van der Waals surface area contributed by atoms with E-state index in [9.17, 15) is 19.2 Å². The highest BCUT2D eigenvalue weighted by Crippen LogP contribution is 2.28. The summed E-state index contributed by atoms with van der Waals surface area (Å²) in [6.45, 7) is 3.89. The molecule has 0 spiro atoms. The highest BCUT2D eigenvalue weighted by Gasteiger charge is 2.43. The van der Waals surface area contributed by atoms with Gasteiger partial charge in [0.1, 0.15) is 6.04 Å². The molecule has 10 nitrogen and oxygen atoms in total. The molecule has 5 rings (SSSR count). The third-order valence-electron chi connectivity index (χ3n) is 9.23. The molecule has 3 fully saturated rings. The van der Waals surface area contributed by atoms with E-state index in [1.54, 1.807) is 40.5 Å². The Kier molecular flexibility index (Phi) is 11.7. The number of para-hydroxylation sites is 1. The number of rotatable bonds is 9. The third kappa shape index (κ3) is 8.56. The van der Waals surface area contributed by atoms with Crippen LogP contribution in [0, 0.1) is 5.92 Å². The Morgan fingerprint density at radius 1 is 0.956 bits per heavy atom. The number of nitrogens with zero attached hydrogens (tertiary/aromatic N) is 3. The van der Waals surface area contributed by atoms with E-state index in [1.165, 1.54) is 11.3 Å². The van der Waals surface area contributed by atoms with E-state index in [0.717, 1.165) is 43.4 Å². The molecule has 0 radical (unpaired) electrons. The summed E-state index contributed by atoms with van der Waals surface area (Å²) in [7, 11) is 0. The minimum Gasteiger partial charge on any atom is -0.409 e. The second-order valence-corrected chi connectivity index (χ2v) is 13.6. The molecular formula is C33H44ClN5O5S. The normalized spacial score (nSPS) is 20.5. The van der Waals surface area contributed by atoms with Gasteiger partial charge in [0.05, 0.1) is 24.2 Å². The maximum Gasteiger partial charge on any atom is 0.415 e. The molecule has 0 bridgehead atoms. The van der Waals surface area contributed by atoms with E-state index >= 15 is 0 Å². The molecule has 1 aromatic heterocycles. The van der Waals surface area contributed by atoms with Gasteiger partial charge in [-0.25, -0.2) is 4.79 Å². The van der Waals surface area contributed by atoms with Gasteiger partial charge in [-0.1, -0.05) is 56.0 Å². The molecule has 2 aromatic rings. The topological polar surface area (TPSA) is 111 Å². The number of hydrogen-bond acceptors (Lipinski definition) is 7. The molecule has 4 amide bonds. The Morgan fingerprint density at radius 2 is 1.71 bits per heavy atom. The van der Waals surface area contributed by atoms with Crippen molar-refractivity contribution < 1.29 is 23.9 Å². The molecule has 12 heteroatoms. The summed E-state index contributed by atoms with van der Waals surface area (Å²) >= 11 is 7.77. The number of halogens is 1. The van der Waals surface area contributed by atoms with E-state index in [2.05, 4.69) is 10.6 Å². The Bertz CT molecular complexity index is 1310. The number of amides is 4. The highest BCUT2D eigenvalue weighted by molar-refractivity contribution is 7.09. The van der Waals surface area contributed by atoms with Gasteiger partial charge in [0.15, 0.2) is 5.75 Å². The number of piperidine rings is 1. The quantitative estimate of drug-likeness (QED) is 0.406. The van der Waals surface area contributed by atoms with E-state index in [4.69, 9.17) is 16.3 Å². The minimum atomic E-state index is -0.887. The smallest absolute Gasteiger partial charge is 0.409 e. The first-order valence-corrected chi connectivity index (χ1v) is 17.5. The number of likely N-dealkylation sites (tertiary alicyclic amines) is 1. The molecule has 1 aliphatic carbocycles. The Hall–Kier alpha value is -3.15. The monoisotopic (exact) mass is 657 g/mol. The Balaban J connectivity index is 1.34. The molecular weight excluding hydrogens is 614 g/mol. The van der Waals surface area contributed by atoms with Crippen LogP contribution in [0.3, 0.4) is 0 Å². The van der Waals surface area contributed by atoms with Crippen LogP contribution in [0.5, 0.6) is 5.75 Å². The standard InChI is InChI=1S/C33H44ClN5O5S/c1-2-29(40)37-16-14-23(15-17-37)30(36-24-9-4-3-5-10-24)32(42)39-19-18-38(33(43)44-28-13-7-6-12-26(28)34)22-27(39)31(41)35-21-25-11-8-20-45-25/h6-8,11-13,20,23-24,27,30,36H,2-5,9-10,14-19,21-22H2,1H3,(H,35,41)/t27-,30+/m0/s1. The summed E-state index contributed by atoms with van der Waals surface area (Å²) < 4.78 is 5.59. The fraction of sp³-hybridized carbons (Fsp3) is 0.576. The lowest BCUT2D eigenvalue weighted by molar-refractivity contribution is -0.147. The van der Waals surface area contributed by atoms with Crippen molar-refractivity contribution in [3.05, 3.63) is 51.7 Å². The molecule has 45 heavy (non-hydrogen) atoms. The van der Waals surface area contributed by atoms with Crippen molar-refractivity contribution in [2.75, 3.05) is 32.7 Å². The zero-order valence-corrected chi connectivity index (χ0v) is 27.5. The maximum absolute atomic E-state index is 14.6. The lowest BCUT2D eigenvalue weighted by Crippen LogP contribution is -2.66. The predicted molar refractivity (Wildman–Crippen MR) is 174 cm³/mol. The van der Waals surface area contributed by atoms with Crippen LogP contribution in [0.25, 0.3) is 0 Å². The number of carbonyl (C=O) groups is 4. The molecule has 3 aliphatic rings. The van der Waals surface area contributed by atoms with Gasteiger partial charge in [0.25, 0.3) is 0 Å². The second kappa shape index (κ2) is 15.9. The first kappa shape index (κ1) is 33.2. The summed E-state index contributed by atoms with van der Waals surface area (Å²) in [5.74, 6) is -0.00811. The van der Waals surface area contributed by atoms with Crippen LogP contribution >= 0.6 is 22.9 Å². The van der Waals surface area contributed by atoms with Crippen LogP contribution in [-0.4, -0.2) is 89.4 Å². The number of benzene rings is 1. The van der Waals surface area contributed by atoms with Gasteiger partial charge in [0, 0.05) is 43.5 Å². The van der Waals surface area contributed by atoms with Crippen molar-refractivity contribution in [1.82, 2.24) is 25.3 Å². The Labute approximate surface area is 274 Å². The van der Waals surface area contributed by atoms with Gasteiger partial charge >= 0.3 is 6.09 Å². The van der Waals surface area contributed by atoms with E-state index < -0.39 is 18.2 Å². The van der Waals surface area contributed by atoms with Crippen molar-refractivity contribution in [2.45, 2.75) is 83.0 Å². The van der Waals surface area contributed by atoms with Crippen LogP contribution in [0.2, 0.25) is 5.02 Å². The lowest BCUT2D eigenvalue weighted by Gasteiger charge is -2.44. The summed E-state index contributed by atoms with van der Waals surface area (Å²) in [6, 6.07) is 9.49. The van der Waals surface area contributed by atoms with Gasteiger partial charge in [-0.05, 0) is 55.2 Å². The summed E-state index contributed by atoms with van der Waals surface area (Å²) in [5.41, 5.74) is 0. The first-order valence-electron chi connectivity index (χ1n) is 16.2. The van der Waals surface area contributed by atoms with Crippen LogP contribution in [0.15, 0.2) is 41.8 Å². The SMILES string of the molecule is CCC(=O)N1CCC([C@@H](NC2CCCCC2)C(=O)N2CCN(C(=O)Oc3ccccc3Cl)C[C@H]2C(=O)NCc2cccs2)CC1. The first-order chi connectivity index (χ1) is 21.8. The zero-order valence-electron chi connectivity index (χ0n) is 25.9. The van der Waals surface area contributed by atoms with Crippen LogP contribution < -0.4 is 15.4 Å². The van der Waals surface area contributed by atoms with Gasteiger partial charge in [-0.3, -0.25) is 14.4 Å². The van der Waals surface area contributed by atoms with Gasteiger partial charge in [-0.15, -0.1) is 11.3 Å². The average Bonchev–Trinajstić information content (AvgIpc) is 3.60. The molecule has 2 N–H and O–H groups in total. The van der Waals surface area contributed by atoms with Crippen molar-refractivity contribution >= 4 is 46.8 Å².